The van der Waals surface area contributed by atoms with Crippen molar-refractivity contribution in [1.82, 2.24) is 9.97 Å². The van der Waals surface area contributed by atoms with Crippen LogP contribution in [-0.2, 0) is 4.74 Å². The zero-order valence-electron chi connectivity index (χ0n) is 13.8. The summed E-state index contributed by atoms with van der Waals surface area (Å²) in [6.45, 7) is 2.09. The van der Waals surface area contributed by atoms with Crippen LogP contribution in [0.15, 0.2) is 30.3 Å². The van der Waals surface area contributed by atoms with Gasteiger partial charge in [-0.1, -0.05) is 48.9 Å². The number of carbonyl (C=O) groups is 1. The molecule has 1 aliphatic rings. The maximum Gasteiger partial charge on any atom is 0.358 e. The zero-order chi connectivity index (χ0) is 17.1. The molecule has 5 nitrogen and oxygen atoms in total. The lowest BCUT2D eigenvalue weighted by Gasteiger charge is -2.20. The lowest BCUT2D eigenvalue weighted by atomic mass is 10.0. The van der Waals surface area contributed by atoms with Crippen LogP contribution in [0.4, 0.5) is 5.82 Å². The number of halogens is 1. The van der Waals surface area contributed by atoms with Crippen LogP contribution in [0.2, 0.25) is 5.02 Å². The van der Waals surface area contributed by atoms with Crippen LogP contribution >= 0.6 is 11.6 Å². The van der Waals surface area contributed by atoms with Crippen molar-refractivity contribution < 1.29 is 9.53 Å². The minimum atomic E-state index is -0.542. The molecule has 1 fully saturated rings. The number of nitrogens with zero attached hydrogens (tertiary/aromatic N) is 2. The van der Waals surface area contributed by atoms with Crippen molar-refractivity contribution in [3.8, 4) is 0 Å². The number of aromatic nitrogens is 2. The fraction of sp³-hybridized carbons (Fsp3) is 0.389. The van der Waals surface area contributed by atoms with Crippen molar-refractivity contribution in [2.75, 3.05) is 12.4 Å². The van der Waals surface area contributed by atoms with E-state index in [1.807, 2.05) is 18.2 Å². The Morgan fingerprint density at radius 2 is 2.04 bits per heavy atom. The number of anilines is 1. The smallest absolute Gasteiger partial charge is 0.358 e. The molecule has 1 N–H and O–H groups in total. The van der Waals surface area contributed by atoms with Gasteiger partial charge in [-0.2, -0.15) is 0 Å². The molecule has 1 atom stereocenters. The third-order valence-corrected chi connectivity index (χ3v) is 4.47. The van der Waals surface area contributed by atoms with Gasteiger partial charge in [0.2, 0.25) is 0 Å². The van der Waals surface area contributed by atoms with Crippen molar-refractivity contribution in [3.05, 3.63) is 52.4 Å². The number of hydrogen-bond acceptors (Lipinski definition) is 5. The van der Waals surface area contributed by atoms with Gasteiger partial charge in [-0.25, -0.2) is 14.8 Å². The zero-order valence-corrected chi connectivity index (χ0v) is 14.5. The fourth-order valence-electron chi connectivity index (χ4n) is 2.59. The lowest BCUT2D eigenvalue weighted by molar-refractivity contribution is 0.0593. The quantitative estimate of drug-likeness (QED) is 0.788. The van der Waals surface area contributed by atoms with Crippen LogP contribution in [0, 0.1) is 0 Å². The Balaban J connectivity index is 1.96. The summed E-state index contributed by atoms with van der Waals surface area (Å²) in [7, 11) is 1.32. The molecule has 1 heterocycles. The molecule has 1 aromatic heterocycles. The van der Waals surface area contributed by atoms with Crippen LogP contribution in [0.1, 0.15) is 60.0 Å². The lowest BCUT2D eigenvalue weighted by Crippen LogP contribution is -2.15. The van der Waals surface area contributed by atoms with Gasteiger partial charge in [-0.3, -0.25) is 0 Å². The van der Waals surface area contributed by atoms with Gasteiger partial charge < -0.3 is 10.1 Å². The molecule has 1 saturated carbocycles. The molecule has 0 radical (unpaired) electrons. The van der Waals surface area contributed by atoms with Gasteiger partial charge in [-0.15, -0.1) is 0 Å². The predicted octanol–water partition coefficient (Wildman–Crippen LogP) is 4.36. The van der Waals surface area contributed by atoms with Crippen LogP contribution in [0.3, 0.4) is 0 Å². The summed E-state index contributed by atoms with van der Waals surface area (Å²) in [6.07, 6.45) is 2.94. The summed E-state index contributed by atoms with van der Waals surface area (Å²) >= 11 is 6.38. The van der Waals surface area contributed by atoms with E-state index in [0.717, 1.165) is 24.8 Å². The van der Waals surface area contributed by atoms with E-state index in [1.54, 1.807) is 0 Å². The van der Waals surface area contributed by atoms with E-state index < -0.39 is 5.97 Å². The highest BCUT2D eigenvalue weighted by Gasteiger charge is 2.30. The Kier molecular flexibility index (Phi) is 5.00. The van der Waals surface area contributed by atoms with Crippen LogP contribution in [0.25, 0.3) is 0 Å². The second-order valence-electron chi connectivity index (χ2n) is 5.87. The molecule has 1 aliphatic carbocycles. The number of ether oxygens (including phenoxy) is 1. The van der Waals surface area contributed by atoms with E-state index in [9.17, 15) is 4.79 Å². The van der Waals surface area contributed by atoms with Crippen molar-refractivity contribution >= 4 is 23.4 Å². The molecule has 3 rings (SSSR count). The Hall–Kier alpha value is -2.14. The highest BCUT2D eigenvalue weighted by atomic mass is 35.5. The molecule has 0 amide bonds. The molecule has 6 heteroatoms. The van der Waals surface area contributed by atoms with Gasteiger partial charge in [0, 0.05) is 5.92 Å². The number of hydrogen-bond donors (Lipinski definition) is 1. The first-order valence-electron chi connectivity index (χ1n) is 8.11. The van der Waals surface area contributed by atoms with Crippen molar-refractivity contribution in [2.45, 2.75) is 38.1 Å². The van der Waals surface area contributed by atoms with E-state index in [0.29, 0.717) is 17.6 Å². The van der Waals surface area contributed by atoms with E-state index in [2.05, 4.69) is 34.3 Å². The van der Waals surface area contributed by atoms with Gasteiger partial charge >= 0.3 is 5.97 Å². The number of esters is 1. The predicted molar refractivity (Wildman–Crippen MR) is 93.5 cm³/mol. The third kappa shape index (κ3) is 3.51. The number of rotatable bonds is 6. The molecular formula is C18H20ClN3O2. The van der Waals surface area contributed by atoms with Gasteiger partial charge in [0.1, 0.15) is 16.7 Å². The summed E-state index contributed by atoms with van der Waals surface area (Å²) in [5.74, 6) is 0.915. The third-order valence-electron chi connectivity index (χ3n) is 4.11. The summed E-state index contributed by atoms with van der Waals surface area (Å²) in [5, 5.41) is 3.57. The number of benzene rings is 1. The number of carbonyl (C=O) groups excluding carboxylic acids is 1. The SMILES string of the molecule is CCC(Nc1nc(C2CC2)nc(C(=O)OC)c1Cl)c1ccccc1. The molecule has 24 heavy (non-hydrogen) atoms. The highest BCUT2D eigenvalue weighted by Crippen LogP contribution is 2.40. The van der Waals surface area contributed by atoms with Crippen molar-refractivity contribution in [3.63, 3.8) is 0 Å². The average molecular weight is 346 g/mol. The molecule has 0 bridgehead atoms. The monoisotopic (exact) mass is 345 g/mol. The standard InChI is InChI=1S/C18H20ClN3O2/c1-3-13(11-7-5-4-6-8-11)20-17-14(19)15(18(23)24-2)21-16(22-17)12-9-10-12/h4-8,12-13H,3,9-10H2,1-2H3,(H,20,21,22). The molecule has 0 spiro atoms. The second kappa shape index (κ2) is 7.18. The number of methoxy groups -OCH3 is 1. The van der Waals surface area contributed by atoms with Crippen molar-refractivity contribution in [2.24, 2.45) is 0 Å². The molecule has 2 aromatic rings. The van der Waals surface area contributed by atoms with Gasteiger partial charge in [0.05, 0.1) is 13.2 Å². The Labute approximate surface area is 146 Å². The molecule has 126 valence electrons. The average Bonchev–Trinajstić information content (AvgIpc) is 3.46. The number of nitrogens with one attached hydrogen (secondary N) is 1. The first-order chi connectivity index (χ1) is 11.6. The summed E-state index contributed by atoms with van der Waals surface area (Å²) < 4.78 is 4.80. The van der Waals surface area contributed by atoms with Crippen LogP contribution < -0.4 is 5.32 Å². The molecule has 1 aromatic carbocycles. The van der Waals surface area contributed by atoms with Crippen molar-refractivity contribution in [1.29, 1.82) is 0 Å². The summed E-state index contributed by atoms with van der Waals surface area (Å²) in [6, 6.07) is 10.1. The maximum atomic E-state index is 12.0. The van der Waals surface area contributed by atoms with E-state index in [4.69, 9.17) is 16.3 Å². The second-order valence-corrected chi connectivity index (χ2v) is 6.25. The topological polar surface area (TPSA) is 64.1 Å². The summed E-state index contributed by atoms with van der Waals surface area (Å²) in [4.78, 5) is 20.9. The summed E-state index contributed by atoms with van der Waals surface area (Å²) in [5.41, 5.74) is 1.27. The van der Waals surface area contributed by atoms with Gasteiger partial charge in [0.25, 0.3) is 0 Å². The minimum absolute atomic E-state index is 0.0520. The van der Waals surface area contributed by atoms with E-state index >= 15 is 0 Å². The first-order valence-corrected chi connectivity index (χ1v) is 8.49. The first kappa shape index (κ1) is 16.7. The van der Waals surface area contributed by atoms with Gasteiger partial charge in [0.15, 0.2) is 5.69 Å². The fourth-order valence-corrected chi connectivity index (χ4v) is 2.80. The van der Waals surface area contributed by atoms with E-state index in [1.165, 1.54) is 7.11 Å². The molecule has 1 unspecified atom stereocenters. The largest absolute Gasteiger partial charge is 0.464 e. The normalized spacial score (nSPS) is 15.0. The molecule has 0 aliphatic heterocycles. The van der Waals surface area contributed by atoms with E-state index in [-0.39, 0.29) is 16.8 Å². The minimum Gasteiger partial charge on any atom is -0.464 e. The Morgan fingerprint density at radius 1 is 1.33 bits per heavy atom. The van der Waals surface area contributed by atoms with Gasteiger partial charge in [-0.05, 0) is 24.8 Å². The maximum absolute atomic E-state index is 12.0. The molecular weight excluding hydrogens is 326 g/mol. The van der Waals surface area contributed by atoms with Crippen LogP contribution in [0.5, 0.6) is 0 Å². The molecule has 0 saturated heterocycles. The Morgan fingerprint density at radius 3 is 2.62 bits per heavy atom. The Bertz CT molecular complexity index is 733. The van der Waals surface area contributed by atoms with Crippen LogP contribution in [-0.4, -0.2) is 23.0 Å². The highest BCUT2D eigenvalue weighted by molar-refractivity contribution is 6.35.